The molecular weight excluding hydrogens is 338 g/mol. The van der Waals surface area contributed by atoms with Crippen LogP contribution in [0.4, 0.5) is 4.79 Å². The molecule has 0 bridgehead atoms. The number of hydrogen-bond acceptors (Lipinski definition) is 4. The van der Waals surface area contributed by atoms with Crippen molar-refractivity contribution in [3.05, 3.63) is 28.5 Å². The first-order valence-corrected chi connectivity index (χ1v) is 7.47. The molecule has 1 atom stereocenters. The Morgan fingerprint density at radius 3 is 2.81 bits per heavy atom. The van der Waals surface area contributed by atoms with Crippen molar-refractivity contribution in [1.29, 1.82) is 0 Å². The molecular formula is C14H18BrN3O3. The molecule has 1 unspecified atom stereocenters. The van der Waals surface area contributed by atoms with E-state index in [2.05, 4.69) is 26.2 Å². The number of rotatable bonds is 1. The number of pyridine rings is 1. The van der Waals surface area contributed by atoms with E-state index >= 15 is 0 Å². The van der Waals surface area contributed by atoms with E-state index in [1.165, 1.54) is 4.90 Å². The molecule has 7 heteroatoms. The van der Waals surface area contributed by atoms with Crippen LogP contribution >= 0.6 is 15.9 Å². The van der Waals surface area contributed by atoms with Crippen LogP contribution in [0.3, 0.4) is 0 Å². The van der Waals surface area contributed by atoms with Crippen molar-refractivity contribution >= 4 is 27.9 Å². The molecule has 21 heavy (non-hydrogen) atoms. The van der Waals surface area contributed by atoms with Gasteiger partial charge in [0.05, 0.1) is 5.69 Å². The maximum Gasteiger partial charge on any atom is 0.411 e. The molecule has 0 aromatic carbocycles. The van der Waals surface area contributed by atoms with Crippen LogP contribution in [0.1, 0.15) is 32.5 Å². The minimum absolute atomic E-state index is 0.252. The van der Waals surface area contributed by atoms with Gasteiger partial charge in [0.25, 0.3) is 0 Å². The molecule has 2 heterocycles. The highest BCUT2D eigenvalue weighted by molar-refractivity contribution is 9.10. The van der Waals surface area contributed by atoms with E-state index in [1.54, 1.807) is 39.0 Å². The molecule has 0 radical (unpaired) electrons. The summed E-state index contributed by atoms with van der Waals surface area (Å²) in [5.41, 5.74) is -0.104. The van der Waals surface area contributed by atoms with Crippen molar-refractivity contribution in [1.82, 2.24) is 15.2 Å². The number of carbonyl (C=O) groups excluding carboxylic acids is 2. The van der Waals surface area contributed by atoms with Gasteiger partial charge in [0.15, 0.2) is 6.04 Å². The zero-order valence-corrected chi connectivity index (χ0v) is 13.8. The number of carbonyl (C=O) groups is 2. The van der Waals surface area contributed by atoms with E-state index in [9.17, 15) is 9.59 Å². The van der Waals surface area contributed by atoms with Crippen LogP contribution in [-0.2, 0) is 9.53 Å². The molecule has 0 spiro atoms. The fourth-order valence-corrected chi connectivity index (χ4v) is 2.41. The lowest BCUT2D eigenvalue weighted by atomic mass is 10.1. The first-order valence-electron chi connectivity index (χ1n) is 6.68. The van der Waals surface area contributed by atoms with Crippen molar-refractivity contribution in [3.8, 4) is 0 Å². The maximum atomic E-state index is 12.3. The molecule has 0 aliphatic carbocycles. The normalized spacial score (nSPS) is 19.1. The van der Waals surface area contributed by atoms with E-state index in [0.717, 1.165) is 0 Å². The Kier molecular flexibility index (Phi) is 4.51. The Bertz CT molecular complexity index is 557. The second kappa shape index (κ2) is 6.01. The molecule has 1 N–H and O–H groups in total. The Morgan fingerprint density at radius 1 is 1.48 bits per heavy atom. The predicted molar refractivity (Wildman–Crippen MR) is 80.6 cm³/mol. The number of nitrogens with zero attached hydrogens (tertiary/aromatic N) is 2. The third kappa shape index (κ3) is 3.93. The van der Waals surface area contributed by atoms with Crippen LogP contribution in [0.2, 0.25) is 0 Å². The molecule has 1 aromatic rings. The summed E-state index contributed by atoms with van der Waals surface area (Å²) in [4.78, 5) is 30.2. The number of aromatic nitrogens is 1. The molecule has 1 aromatic heterocycles. The monoisotopic (exact) mass is 355 g/mol. The number of nitrogens with one attached hydrogen (secondary N) is 1. The van der Waals surface area contributed by atoms with Crippen molar-refractivity contribution < 1.29 is 14.3 Å². The van der Waals surface area contributed by atoms with Gasteiger partial charge in [-0.05, 0) is 48.8 Å². The fraction of sp³-hybridized carbons (Fsp3) is 0.500. The van der Waals surface area contributed by atoms with Crippen molar-refractivity contribution in [2.24, 2.45) is 0 Å². The molecule has 2 rings (SSSR count). The topological polar surface area (TPSA) is 71.5 Å². The molecule has 0 saturated carbocycles. The van der Waals surface area contributed by atoms with Crippen LogP contribution in [0.5, 0.6) is 0 Å². The van der Waals surface area contributed by atoms with Gasteiger partial charge in [-0.25, -0.2) is 9.78 Å². The van der Waals surface area contributed by atoms with E-state index in [1.807, 2.05) is 0 Å². The van der Waals surface area contributed by atoms with Crippen LogP contribution in [0, 0.1) is 0 Å². The smallest absolute Gasteiger partial charge is 0.411 e. The molecule has 1 saturated heterocycles. The van der Waals surface area contributed by atoms with Crippen LogP contribution < -0.4 is 5.32 Å². The quantitative estimate of drug-likeness (QED) is 0.784. The molecule has 6 nitrogen and oxygen atoms in total. The first kappa shape index (κ1) is 15.8. The first-order chi connectivity index (χ1) is 9.78. The van der Waals surface area contributed by atoms with Crippen molar-refractivity contribution in [3.63, 3.8) is 0 Å². The number of halogens is 1. The molecule has 1 aliphatic heterocycles. The standard InChI is InChI=1S/C14H18BrN3O3/c1-14(2,3)21-13(20)18-8-7-16-12(19)11(18)9-5-4-6-10(15)17-9/h4-6,11H,7-8H2,1-3H3,(H,16,19). The number of ether oxygens (including phenoxy) is 1. The fourth-order valence-electron chi connectivity index (χ4n) is 2.05. The summed E-state index contributed by atoms with van der Waals surface area (Å²) in [6, 6.07) is 4.49. The molecule has 1 aliphatic rings. The molecule has 114 valence electrons. The predicted octanol–water partition coefficient (Wildman–Crippen LogP) is 2.25. The summed E-state index contributed by atoms with van der Waals surface area (Å²) in [5.74, 6) is -0.252. The summed E-state index contributed by atoms with van der Waals surface area (Å²) in [6.07, 6.45) is -0.510. The Balaban J connectivity index is 2.29. The van der Waals surface area contributed by atoms with Gasteiger partial charge in [-0.2, -0.15) is 0 Å². The minimum Gasteiger partial charge on any atom is -0.444 e. The van der Waals surface area contributed by atoms with Crippen molar-refractivity contribution in [2.75, 3.05) is 13.1 Å². The number of hydrogen-bond donors (Lipinski definition) is 1. The molecule has 1 fully saturated rings. The summed E-state index contributed by atoms with van der Waals surface area (Å²) >= 11 is 3.28. The highest BCUT2D eigenvalue weighted by atomic mass is 79.9. The Hall–Kier alpha value is -1.63. The van der Waals surface area contributed by atoms with Gasteiger partial charge in [-0.15, -0.1) is 0 Å². The van der Waals surface area contributed by atoms with Gasteiger partial charge in [0.2, 0.25) is 5.91 Å². The van der Waals surface area contributed by atoms with Gasteiger partial charge in [-0.1, -0.05) is 6.07 Å². The van der Waals surface area contributed by atoms with Gasteiger partial charge >= 0.3 is 6.09 Å². The lowest BCUT2D eigenvalue weighted by Crippen LogP contribution is -2.53. The van der Waals surface area contributed by atoms with Gasteiger partial charge < -0.3 is 10.1 Å². The second-order valence-corrected chi connectivity index (χ2v) is 6.56. The lowest BCUT2D eigenvalue weighted by Gasteiger charge is -2.35. The lowest BCUT2D eigenvalue weighted by molar-refractivity contribution is -0.129. The maximum absolute atomic E-state index is 12.3. The average Bonchev–Trinajstić information content (AvgIpc) is 2.36. The largest absolute Gasteiger partial charge is 0.444 e. The Labute approximate surface area is 132 Å². The average molecular weight is 356 g/mol. The van der Waals surface area contributed by atoms with Crippen LogP contribution in [-0.4, -0.2) is 40.6 Å². The highest BCUT2D eigenvalue weighted by Crippen LogP contribution is 2.25. The van der Waals surface area contributed by atoms with Crippen molar-refractivity contribution in [2.45, 2.75) is 32.4 Å². The van der Waals surface area contributed by atoms with Gasteiger partial charge in [0, 0.05) is 13.1 Å². The summed E-state index contributed by atoms with van der Waals surface area (Å²) in [7, 11) is 0. The van der Waals surface area contributed by atoms with Gasteiger partial charge in [0.1, 0.15) is 10.2 Å². The summed E-state index contributed by atoms with van der Waals surface area (Å²) in [5, 5.41) is 2.75. The van der Waals surface area contributed by atoms with Crippen LogP contribution in [0.15, 0.2) is 22.8 Å². The number of amides is 2. The summed E-state index contributed by atoms with van der Waals surface area (Å²) < 4.78 is 5.99. The minimum atomic E-state index is -0.772. The van der Waals surface area contributed by atoms with Crippen LogP contribution in [0.25, 0.3) is 0 Å². The number of piperazine rings is 1. The van der Waals surface area contributed by atoms with Gasteiger partial charge in [-0.3, -0.25) is 9.69 Å². The zero-order chi connectivity index (χ0) is 15.6. The third-order valence-electron chi connectivity index (χ3n) is 2.86. The van der Waals surface area contributed by atoms with E-state index in [4.69, 9.17) is 4.74 Å². The van der Waals surface area contributed by atoms with E-state index in [0.29, 0.717) is 23.4 Å². The van der Waals surface area contributed by atoms with E-state index < -0.39 is 17.7 Å². The third-order valence-corrected chi connectivity index (χ3v) is 3.30. The van der Waals surface area contributed by atoms with E-state index in [-0.39, 0.29) is 5.91 Å². The molecule has 2 amide bonds. The summed E-state index contributed by atoms with van der Waals surface area (Å²) in [6.45, 7) is 6.17. The Morgan fingerprint density at radius 2 is 2.19 bits per heavy atom. The SMILES string of the molecule is CC(C)(C)OC(=O)N1CCNC(=O)C1c1cccc(Br)n1. The highest BCUT2D eigenvalue weighted by Gasteiger charge is 2.37. The second-order valence-electron chi connectivity index (χ2n) is 5.75. The zero-order valence-electron chi connectivity index (χ0n) is 12.2.